The molecule has 2 amide bonds. The van der Waals surface area contributed by atoms with E-state index in [1.54, 1.807) is 12.0 Å². The van der Waals surface area contributed by atoms with Gasteiger partial charge in [-0.3, -0.25) is 5.10 Å². The highest BCUT2D eigenvalue weighted by Crippen LogP contribution is 2.20. The average molecular weight is 268 g/mol. The Labute approximate surface area is 109 Å². The fourth-order valence-electron chi connectivity index (χ4n) is 2.02. The van der Waals surface area contributed by atoms with Crippen molar-refractivity contribution < 1.29 is 19.4 Å². The fraction of sp³-hybridized carbons (Fsp3) is 0.545. The summed E-state index contributed by atoms with van der Waals surface area (Å²) in [7, 11) is 1.56. The lowest BCUT2D eigenvalue weighted by Crippen LogP contribution is -2.43. The van der Waals surface area contributed by atoms with E-state index >= 15 is 0 Å². The number of carbonyl (C=O) groups is 2. The topological polar surface area (TPSA) is 108 Å². The Bertz CT molecular complexity index is 485. The van der Waals surface area contributed by atoms with Gasteiger partial charge >= 0.3 is 12.0 Å². The van der Waals surface area contributed by atoms with E-state index in [2.05, 4.69) is 15.5 Å². The normalized spacial score (nSPS) is 14.1. The Balaban J connectivity index is 2.02. The van der Waals surface area contributed by atoms with Gasteiger partial charge in [-0.15, -0.1) is 0 Å². The first-order chi connectivity index (χ1) is 9.13. The summed E-state index contributed by atoms with van der Waals surface area (Å²) in [6.07, 6.45) is 0.577. The molecular weight excluding hydrogens is 252 g/mol. The van der Waals surface area contributed by atoms with Gasteiger partial charge in [0.05, 0.1) is 13.2 Å². The fourth-order valence-corrected chi connectivity index (χ4v) is 2.02. The second-order valence-electron chi connectivity index (χ2n) is 4.23. The molecule has 0 saturated carbocycles. The number of methoxy groups -OCH3 is 1. The van der Waals surface area contributed by atoms with Crippen LogP contribution >= 0.6 is 0 Å². The zero-order valence-electron chi connectivity index (χ0n) is 10.6. The second kappa shape index (κ2) is 5.70. The van der Waals surface area contributed by atoms with Gasteiger partial charge in [0.2, 0.25) is 0 Å². The third kappa shape index (κ3) is 2.84. The van der Waals surface area contributed by atoms with Gasteiger partial charge in [0.25, 0.3) is 0 Å². The Morgan fingerprint density at radius 3 is 3.05 bits per heavy atom. The van der Waals surface area contributed by atoms with Crippen LogP contribution in [-0.2, 0) is 17.7 Å². The summed E-state index contributed by atoms with van der Waals surface area (Å²) in [5, 5.41) is 18.2. The zero-order chi connectivity index (χ0) is 13.8. The number of carboxylic acid groups (broad SMARTS) is 1. The molecule has 104 valence electrons. The number of hydrogen-bond acceptors (Lipinski definition) is 4. The maximum atomic E-state index is 11.9. The lowest BCUT2D eigenvalue weighted by Gasteiger charge is -2.27. The van der Waals surface area contributed by atoms with Gasteiger partial charge in [-0.25, -0.2) is 9.59 Å². The molecule has 8 heteroatoms. The summed E-state index contributed by atoms with van der Waals surface area (Å²) in [5.74, 6) is -1.08. The molecule has 19 heavy (non-hydrogen) atoms. The number of H-pyrrole nitrogens is 1. The molecule has 0 radical (unpaired) electrons. The van der Waals surface area contributed by atoms with Crippen LogP contribution < -0.4 is 5.32 Å². The van der Waals surface area contributed by atoms with E-state index in [9.17, 15) is 9.59 Å². The van der Waals surface area contributed by atoms with Crippen LogP contribution in [0.15, 0.2) is 0 Å². The molecule has 0 bridgehead atoms. The highest BCUT2D eigenvalue weighted by molar-refractivity contribution is 5.87. The van der Waals surface area contributed by atoms with E-state index in [1.165, 1.54) is 0 Å². The molecule has 0 spiro atoms. The number of nitrogens with zero attached hydrogens (tertiary/aromatic N) is 2. The van der Waals surface area contributed by atoms with Crippen LogP contribution in [0.5, 0.6) is 0 Å². The number of carboxylic acids is 1. The lowest BCUT2D eigenvalue weighted by atomic mass is 10.1. The molecule has 0 aliphatic carbocycles. The highest BCUT2D eigenvalue weighted by Gasteiger charge is 2.27. The number of nitrogens with one attached hydrogen (secondary N) is 2. The Morgan fingerprint density at radius 1 is 1.58 bits per heavy atom. The van der Waals surface area contributed by atoms with E-state index < -0.39 is 5.97 Å². The summed E-state index contributed by atoms with van der Waals surface area (Å²) in [4.78, 5) is 24.4. The number of aromatic carboxylic acids is 1. The van der Waals surface area contributed by atoms with Crippen molar-refractivity contribution in [3.63, 3.8) is 0 Å². The number of amides is 2. The zero-order valence-corrected chi connectivity index (χ0v) is 10.6. The smallest absolute Gasteiger partial charge is 0.356 e. The number of aromatic nitrogens is 2. The van der Waals surface area contributed by atoms with Crippen molar-refractivity contribution in [3.05, 3.63) is 17.0 Å². The predicted molar refractivity (Wildman–Crippen MR) is 64.9 cm³/mol. The van der Waals surface area contributed by atoms with E-state index in [4.69, 9.17) is 9.84 Å². The first-order valence-corrected chi connectivity index (χ1v) is 5.94. The molecule has 2 rings (SSSR count). The molecule has 0 unspecified atom stereocenters. The van der Waals surface area contributed by atoms with Crippen molar-refractivity contribution in [3.8, 4) is 0 Å². The molecule has 0 atom stereocenters. The number of urea groups is 1. The standard InChI is InChI=1S/C11H16N4O4/c1-19-5-3-12-11(18)15-4-2-8-7(6-15)9(10(16)17)14-13-8/h2-6H2,1H3,(H,12,18)(H,13,14)(H,16,17). The number of ether oxygens (including phenoxy) is 1. The van der Waals surface area contributed by atoms with Crippen LogP contribution in [0.3, 0.4) is 0 Å². The molecule has 8 nitrogen and oxygen atoms in total. The lowest BCUT2D eigenvalue weighted by molar-refractivity contribution is 0.0687. The van der Waals surface area contributed by atoms with Crippen LogP contribution in [-0.4, -0.2) is 59.0 Å². The Kier molecular flexibility index (Phi) is 4.00. The SMILES string of the molecule is COCCNC(=O)N1CCc2[nH]nc(C(=O)O)c2C1. The molecule has 3 N–H and O–H groups in total. The largest absolute Gasteiger partial charge is 0.476 e. The number of rotatable bonds is 4. The van der Waals surface area contributed by atoms with Gasteiger partial charge < -0.3 is 20.1 Å². The monoisotopic (exact) mass is 268 g/mol. The van der Waals surface area contributed by atoms with Gasteiger partial charge in [0.1, 0.15) is 0 Å². The third-order valence-corrected chi connectivity index (χ3v) is 3.01. The molecule has 0 fully saturated rings. The average Bonchev–Trinajstić information content (AvgIpc) is 2.81. The van der Waals surface area contributed by atoms with Crippen LogP contribution in [0.4, 0.5) is 4.79 Å². The first-order valence-electron chi connectivity index (χ1n) is 5.94. The minimum absolute atomic E-state index is 0.00982. The van der Waals surface area contributed by atoms with Gasteiger partial charge in [-0.05, 0) is 0 Å². The molecular formula is C11H16N4O4. The minimum Gasteiger partial charge on any atom is -0.476 e. The molecule has 0 saturated heterocycles. The van der Waals surface area contributed by atoms with Crippen molar-refractivity contribution in [2.45, 2.75) is 13.0 Å². The number of aromatic amines is 1. The van der Waals surface area contributed by atoms with Crippen molar-refractivity contribution in [1.82, 2.24) is 20.4 Å². The van der Waals surface area contributed by atoms with Crippen LogP contribution in [0.1, 0.15) is 21.7 Å². The number of fused-ring (bicyclic) bond motifs is 1. The van der Waals surface area contributed by atoms with Crippen LogP contribution in [0.25, 0.3) is 0 Å². The van der Waals surface area contributed by atoms with Gasteiger partial charge in [-0.2, -0.15) is 5.10 Å². The summed E-state index contributed by atoms with van der Waals surface area (Å²) < 4.78 is 4.85. The second-order valence-corrected chi connectivity index (χ2v) is 4.23. The first kappa shape index (κ1) is 13.3. The van der Waals surface area contributed by atoms with Gasteiger partial charge in [0, 0.05) is 37.9 Å². The number of hydrogen-bond donors (Lipinski definition) is 3. The molecule has 0 aromatic carbocycles. The maximum Gasteiger partial charge on any atom is 0.356 e. The van der Waals surface area contributed by atoms with E-state index in [1.807, 2.05) is 0 Å². The van der Waals surface area contributed by atoms with Crippen molar-refractivity contribution in [2.75, 3.05) is 26.8 Å². The van der Waals surface area contributed by atoms with Crippen molar-refractivity contribution in [1.29, 1.82) is 0 Å². The third-order valence-electron chi connectivity index (χ3n) is 3.01. The Hall–Kier alpha value is -2.09. The number of carbonyl (C=O) groups excluding carboxylic acids is 1. The molecule has 2 heterocycles. The quantitative estimate of drug-likeness (QED) is 0.657. The van der Waals surface area contributed by atoms with Gasteiger partial charge in [0.15, 0.2) is 5.69 Å². The highest BCUT2D eigenvalue weighted by atomic mass is 16.5. The minimum atomic E-state index is -1.08. The molecule has 1 aromatic rings. The van der Waals surface area contributed by atoms with Crippen molar-refractivity contribution in [2.24, 2.45) is 0 Å². The van der Waals surface area contributed by atoms with E-state index in [0.717, 1.165) is 5.69 Å². The van der Waals surface area contributed by atoms with Gasteiger partial charge in [-0.1, -0.05) is 0 Å². The van der Waals surface area contributed by atoms with E-state index in [0.29, 0.717) is 31.7 Å². The molecule has 1 aliphatic rings. The summed E-state index contributed by atoms with van der Waals surface area (Å²) in [6.45, 7) is 1.66. The summed E-state index contributed by atoms with van der Waals surface area (Å²) in [6, 6.07) is -0.222. The maximum absolute atomic E-state index is 11.9. The van der Waals surface area contributed by atoms with Crippen LogP contribution in [0.2, 0.25) is 0 Å². The van der Waals surface area contributed by atoms with E-state index in [-0.39, 0.29) is 18.3 Å². The predicted octanol–water partition coefficient (Wildman–Crippen LogP) is -0.178. The summed E-state index contributed by atoms with van der Waals surface area (Å²) in [5.41, 5.74) is 1.36. The Morgan fingerprint density at radius 2 is 2.37 bits per heavy atom. The molecule has 1 aromatic heterocycles. The molecule has 1 aliphatic heterocycles. The van der Waals surface area contributed by atoms with Crippen LogP contribution in [0, 0.1) is 0 Å². The van der Waals surface area contributed by atoms with Crippen molar-refractivity contribution >= 4 is 12.0 Å². The summed E-state index contributed by atoms with van der Waals surface area (Å²) >= 11 is 0.